The summed E-state index contributed by atoms with van der Waals surface area (Å²) < 4.78 is 7.07. The number of hydrogen-bond acceptors (Lipinski definition) is 3. The SMILES string of the molecule is COc1ccc2cc(C(=O)/C=C/c3c(Cl)nc4ccccn34)ccc2c1. The van der Waals surface area contributed by atoms with Crippen LogP contribution in [0.4, 0.5) is 0 Å². The molecule has 2 aromatic carbocycles. The van der Waals surface area contributed by atoms with Crippen molar-refractivity contribution in [2.24, 2.45) is 0 Å². The van der Waals surface area contributed by atoms with Gasteiger partial charge in [-0.2, -0.15) is 0 Å². The van der Waals surface area contributed by atoms with Gasteiger partial charge in [-0.25, -0.2) is 4.98 Å². The zero-order chi connectivity index (χ0) is 18.1. The van der Waals surface area contributed by atoms with Crippen molar-refractivity contribution in [3.8, 4) is 5.75 Å². The highest BCUT2D eigenvalue weighted by Gasteiger charge is 2.09. The molecule has 128 valence electrons. The third-order valence-corrected chi connectivity index (χ3v) is 4.52. The predicted molar refractivity (Wildman–Crippen MR) is 104 cm³/mol. The van der Waals surface area contributed by atoms with Crippen LogP contribution in [0.5, 0.6) is 5.75 Å². The number of ether oxygens (including phenoxy) is 1. The maximum absolute atomic E-state index is 12.6. The Morgan fingerprint density at radius 2 is 1.92 bits per heavy atom. The first kappa shape index (κ1) is 16.4. The smallest absolute Gasteiger partial charge is 0.185 e. The fourth-order valence-corrected chi connectivity index (χ4v) is 3.13. The van der Waals surface area contributed by atoms with Crippen LogP contribution >= 0.6 is 11.6 Å². The molecule has 0 N–H and O–H groups in total. The predicted octanol–water partition coefficient (Wildman–Crippen LogP) is 5.05. The van der Waals surface area contributed by atoms with Crippen molar-refractivity contribution in [3.63, 3.8) is 0 Å². The quantitative estimate of drug-likeness (QED) is 0.377. The molecule has 0 spiro atoms. The molecule has 0 amide bonds. The van der Waals surface area contributed by atoms with Crippen molar-refractivity contribution in [2.45, 2.75) is 0 Å². The molecule has 2 aromatic heterocycles. The van der Waals surface area contributed by atoms with E-state index in [0.717, 1.165) is 22.2 Å². The van der Waals surface area contributed by atoms with E-state index in [0.29, 0.717) is 16.4 Å². The van der Waals surface area contributed by atoms with E-state index >= 15 is 0 Å². The molecule has 2 heterocycles. The minimum absolute atomic E-state index is 0.0929. The maximum atomic E-state index is 12.6. The molecular formula is C21H15ClN2O2. The van der Waals surface area contributed by atoms with Crippen LogP contribution < -0.4 is 4.74 Å². The average Bonchev–Trinajstić information content (AvgIpc) is 3.00. The molecule has 0 saturated carbocycles. The van der Waals surface area contributed by atoms with Crippen molar-refractivity contribution >= 4 is 39.9 Å². The van der Waals surface area contributed by atoms with Gasteiger partial charge in [-0.3, -0.25) is 9.20 Å². The Bertz CT molecular complexity index is 1160. The summed E-state index contributed by atoms with van der Waals surface area (Å²) in [6, 6.07) is 17.0. The van der Waals surface area contributed by atoms with E-state index in [1.807, 2.05) is 65.2 Å². The number of imidazole rings is 1. The molecule has 0 radical (unpaired) electrons. The molecule has 0 aliphatic heterocycles. The normalized spacial score (nSPS) is 11.5. The lowest BCUT2D eigenvalue weighted by Gasteiger charge is -2.04. The molecule has 4 rings (SSSR count). The number of nitrogens with zero attached hydrogens (tertiary/aromatic N) is 2. The van der Waals surface area contributed by atoms with E-state index in [-0.39, 0.29) is 5.78 Å². The minimum Gasteiger partial charge on any atom is -0.497 e. The van der Waals surface area contributed by atoms with Gasteiger partial charge in [0.05, 0.1) is 12.8 Å². The largest absolute Gasteiger partial charge is 0.497 e. The van der Waals surface area contributed by atoms with Crippen LogP contribution in [0.2, 0.25) is 5.15 Å². The molecule has 0 fully saturated rings. The number of methoxy groups -OCH3 is 1. The second-order valence-corrected chi connectivity index (χ2v) is 6.20. The third-order valence-electron chi connectivity index (χ3n) is 4.25. The fourth-order valence-electron chi connectivity index (χ4n) is 2.89. The van der Waals surface area contributed by atoms with Crippen LogP contribution in [-0.4, -0.2) is 22.3 Å². The van der Waals surface area contributed by atoms with E-state index in [1.54, 1.807) is 13.2 Å². The lowest BCUT2D eigenvalue weighted by atomic mass is 10.0. The van der Waals surface area contributed by atoms with Crippen molar-refractivity contribution in [1.29, 1.82) is 0 Å². The lowest BCUT2D eigenvalue weighted by Crippen LogP contribution is -1.95. The lowest BCUT2D eigenvalue weighted by molar-refractivity contribution is 0.104. The summed E-state index contributed by atoms with van der Waals surface area (Å²) in [6.07, 6.45) is 5.08. The van der Waals surface area contributed by atoms with E-state index < -0.39 is 0 Å². The number of fused-ring (bicyclic) bond motifs is 2. The number of carbonyl (C=O) groups is 1. The number of aromatic nitrogens is 2. The Hall–Kier alpha value is -3.11. The average molecular weight is 363 g/mol. The molecule has 4 aromatic rings. The van der Waals surface area contributed by atoms with Gasteiger partial charge in [0, 0.05) is 11.8 Å². The highest BCUT2D eigenvalue weighted by atomic mass is 35.5. The van der Waals surface area contributed by atoms with Crippen LogP contribution in [0.1, 0.15) is 16.1 Å². The standard InChI is InChI=1S/C21H15ClN2O2/c1-26-17-8-7-14-12-16(6-5-15(14)13-17)19(25)10-9-18-21(22)23-20-4-2-3-11-24(18)20/h2-13H,1H3/b10-9+. The van der Waals surface area contributed by atoms with E-state index in [9.17, 15) is 4.79 Å². The number of rotatable bonds is 4. The van der Waals surface area contributed by atoms with Crippen LogP contribution in [0.25, 0.3) is 22.5 Å². The van der Waals surface area contributed by atoms with E-state index in [2.05, 4.69) is 4.98 Å². The van der Waals surface area contributed by atoms with E-state index in [4.69, 9.17) is 16.3 Å². The van der Waals surface area contributed by atoms with E-state index in [1.165, 1.54) is 6.08 Å². The molecule has 0 unspecified atom stereocenters. The summed E-state index contributed by atoms with van der Waals surface area (Å²) >= 11 is 6.20. The zero-order valence-corrected chi connectivity index (χ0v) is 14.8. The van der Waals surface area contributed by atoms with Crippen LogP contribution in [0, 0.1) is 0 Å². The summed E-state index contributed by atoms with van der Waals surface area (Å²) in [7, 11) is 1.63. The molecule has 0 bridgehead atoms. The Morgan fingerprint density at radius 1 is 1.12 bits per heavy atom. The van der Waals surface area contributed by atoms with Gasteiger partial charge < -0.3 is 4.74 Å². The highest BCUT2D eigenvalue weighted by Crippen LogP contribution is 2.23. The number of ketones is 1. The van der Waals surface area contributed by atoms with Crippen LogP contribution in [0.3, 0.4) is 0 Å². The second-order valence-electron chi connectivity index (χ2n) is 5.84. The second kappa shape index (κ2) is 6.65. The summed E-state index contributed by atoms with van der Waals surface area (Å²) in [5, 5.41) is 2.37. The van der Waals surface area contributed by atoms with Crippen molar-refractivity contribution in [2.75, 3.05) is 7.11 Å². The number of pyridine rings is 1. The summed E-state index contributed by atoms with van der Waals surface area (Å²) in [5.41, 5.74) is 2.04. The number of carbonyl (C=O) groups excluding carboxylic acids is 1. The zero-order valence-electron chi connectivity index (χ0n) is 14.0. The Labute approximate surface area is 155 Å². The third kappa shape index (κ3) is 2.95. The molecule has 0 aliphatic rings. The molecular weight excluding hydrogens is 348 g/mol. The minimum atomic E-state index is -0.0929. The van der Waals surface area contributed by atoms with Crippen LogP contribution in [-0.2, 0) is 0 Å². The summed E-state index contributed by atoms with van der Waals surface area (Å²) in [6.45, 7) is 0. The monoisotopic (exact) mass is 362 g/mol. The molecule has 26 heavy (non-hydrogen) atoms. The summed E-state index contributed by atoms with van der Waals surface area (Å²) in [4.78, 5) is 16.8. The maximum Gasteiger partial charge on any atom is 0.185 e. The van der Waals surface area contributed by atoms with Crippen molar-refractivity contribution in [3.05, 3.63) is 83.3 Å². The van der Waals surface area contributed by atoms with Gasteiger partial charge in [0.25, 0.3) is 0 Å². The molecule has 0 aliphatic carbocycles. The molecule has 4 nitrogen and oxygen atoms in total. The van der Waals surface area contributed by atoms with Gasteiger partial charge in [-0.1, -0.05) is 35.9 Å². The molecule has 0 saturated heterocycles. The number of benzene rings is 2. The Morgan fingerprint density at radius 3 is 2.77 bits per heavy atom. The first-order valence-corrected chi connectivity index (χ1v) is 8.46. The van der Waals surface area contributed by atoms with Crippen molar-refractivity contribution < 1.29 is 9.53 Å². The van der Waals surface area contributed by atoms with Crippen molar-refractivity contribution in [1.82, 2.24) is 9.38 Å². The number of hydrogen-bond donors (Lipinski definition) is 0. The van der Waals surface area contributed by atoms with Gasteiger partial charge in [-0.15, -0.1) is 0 Å². The Balaban J connectivity index is 1.66. The van der Waals surface area contributed by atoms with Gasteiger partial charge in [-0.05, 0) is 53.3 Å². The van der Waals surface area contributed by atoms with Gasteiger partial charge >= 0.3 is 0 Å². The van der Waals surface area contributed by atoms with Gasteiger partial charge in [0.15, 0.2) is 10.9 Å². The Kier molecular flexibility index (Phi) is 4.19. The van der Waals surface area contributed by atoms with Crippen LogP contribution in [0.15, 0.2) is 66.9 Å². The molecule has 0 atom stereocenters. The number of halogens is 1. The summed E-state index contributed by atoms with van der Waals surface area (Å²) in [5.74, 6) is 0.698. The molecule has 5 heteroatoms. The number of allylic oxidation sites excluding steroid dienone is 1. The first-order chi connectivity index (χ1) is 12.7. The fraction of sp³-hybridized carbons (Fsp3) is 0.0476. The topological polar surface area (TPSA) is 43.6 Å². The van der Waals surface area contributed by atoms with Gasteiger partial charge in [0.2, 0.25) is 0 Å². The van der Waals surface area contributed by atoms with Gasteiger partial charge in [0.1, 0.15) is 11.4 Å². The first-order valence-electron chi connectivity index (χ1n) is 8.08. The highest BCUT2D eigenvalue weighted by molar-refractivity contribution is 6.31.